The minimum absolute atomic E-state index is 0.235. The van der Waals surface area contributed by atoms with Crippen molar-refractivity contribution in [1.29, 1.82) is 0 Å². The smallest absolute Gasteiger partial charge is 0.301 e. The van der Waals surface area contributed by atoms with E-state index in [4.69, 9.17) is 9.15 Å². The second-order valence-corrected chi connectivity index (χ2v) is 4.40. The molecule has 1 saturated heterocycles. The molecule has 94 valence electrons. The van der Waals surface area contributed by atoms with Crippen LogP contribution in [0.2, 0.25) is 0 Å². The van der Waals surface area contributed by atoms with Gasteiger partial charge in [-0.15, -0.1) is 0 Å². The van der Waals surface area contributed by atoms with Gasteiger partial charge in [-0.2, -0.15) is 4.98 Å². The van der Waals surface area contributed by atoms with Crippen molar-refractivity contribution in [3.63, 3.8) is 0 Å². The van der Waals surface area contributed by atoms with Crippen molar-refractivity contribution in [2.75, 3.05) is 31.2 Å². The SMILES string of the molecule is Cc1ccc2oc(N3CCOCC3)nc(=O)c2c1. The molecule has 0 radical (unpaired) electrons. The number of fused-ring (bicyclic) bond motifs is 1. The Balaban J connectivity index is 2.09. The summed E-state index contributed by atoms with van der Waals surface area (Å²) >= 11 is 0. The van der Waals surface area contributed by atoms with E-state index in [9.17, 15) is 4.79 Å². The molecule has 0 atom stereocenters. The normalized spacial score (nSPS) is 16.2. The van der Waals surface area contributed by atoms with Gasteiger partial charge in [-0.05, 0) is 19.1 Å². The lowest BCUT2D eigenvalue weighted by atomic mass is 10.2. The molecule has 1 aromatic carbocycles. The van der Waals surface area contributed by atoms with Crippen molar-refractivity contribution < 1.29 is 9.15 Å². The Kier molecular flexibility index (Phi) is 2.76. The zero-order valence-corrected chi connectivity index (χ0v) is 10.2. The van der Waals surface area contributed by atoms with Crippen LogP contribution in [0.1, 0.15) is 5.56 Å². The third kappa shape index (κ3) is 1.97. The minimum atomic E-state index is -0.235. The van der Waals surface area contributed by atoms with Gasteiger partial charge in [0.05, 0.1) is 18.6 Å². The van der Waals surface area contributed by atoms with Crippen LogP contribution in [0, 0.1) is 6.92 Å². The van der Waals surface area contributed by atoms with E-state index in [1.807, 2.05) is 24.0 Å². The van der Waals surface area contributed by atoms with E-state index in [-0.39, 0.29) is 5.56 Å². The molecule has 2 aromatic rings. The highest BCUT2D eigenvalue weighted by Gasteiger charge is 2.16. The molecule has 0 N–H and O–H groups in total. The maximum absolute atomic E-state index is 12.0. The first-order valence-electron chi connectivity index (χ1n) is 5.98. The molecule has 3 rings (SSSR count). The highest BCUT2D eigenvalue weighted by atomic mass is 16.5. The van der Waals surface area contributed by atoms with E-state index < -0.39 is 0 Å². The van der Waals surface area contributed by atoms with E-state index in [1.165, 1.54) is 0 Å². The van der Waals surface area contributed by atoms with E-state index in [0.29, 0.717) is 43.3 Å². The first-order chi connectivity index (χ1) is 8.74. The topological polar surface area (TPSA) is 55.6 Å². The Morgan fingerprint density at radius 2 is 2.06 bits per heavy atom. The van der Waals surface area contributed by atoms with Crippen LogP contribution in [0.3, 0.4) is 0 Å². The zero-order chi connectivity index (χ0) is 12.5. The number of benzene rings is 1. The molecule has 1 aliphatic heterocycles. The van der Waals surface area contributed by atoms with Crippen LogP contribution >= 0.6 is 0 Å². The van der Waals surface area contributed by atoms with Crippen LogP contribution in [-0.2, 0) is 4.74 Å². The van der Waals surface area contributed by atoms with Crippen LogP contribution in [0.15, 0.2) is 27.4 Å². The lowest BCUT2D eigenvalue weighted by Crippen LogP contribution is -2.37. The third-order valence-electron chi connectivity index (χ3n) is 3.05. The summed E-state index contributed by atoms with van der Waals surface area (Å²) in [4.78, 5) is 17.9. The molecule has 2 heterocycles. The van der Waals surface area contributed by atoms with Crippen LogP contribution in [-0.4, -0.2) is 31.3 Å². The highest BCUT2D eigenvalue weighted by Crippen LogP contribution is 2.18. The van der Waals surface area contributed by atoms with Gasteiger partial charge in [0.2, 0.25) is 0 Å². The number of hydrogen-bond donors (Lipinski definition) is 0. The molecule has 0 aliphatic carbocycles. The summed E-state index contributed by atoms with van der Waals surface area (Å²) in [6, 6.07) is 5.93. The number of aromatic nitrogens is 1. The minimum Gasteiger partial charge on any atom is -0.425 e. The summed E-state index contributed by atoms with van der Waals surface area (Å²) in [5, 5.41) is 0.534. The van der Waals surface area contributed by atoms with Gasteiger partial charge in [0.25, 0.3) is 5.56 Å². The molecule has 0 bridgehead atoms. The molecule has 0 amide bonds. The summed E-state index contributed by atoms with van der Waals surface area (Å²) in [6.45, 7) is 4.62. The Hall–Kier alpha value is -1.88. The number of aryl methyl sites for hydroxylation is 1. The molecule has 18 heavy (non-hydrogen) atoms. The molecule has 5 heteroatoms. The number of rotatable bonds is 1. The second-order valence-electron chi connectivity index (χ2n) is 4.40. The van der Waals surface area contributed by atoms with E-state index in [1.54, 1.807) is 6.07 Å². The zero-order valence-electron chi connectivity index (χ0n) is 10.2. The van der Waals surface area contributed by atoms with Crippen LogP contribution in [0.4, 0.5) is 6.01 Å². The van der Waals surface area contributed by atoms with Crippen LogP contribution < -0.4 is 10.5 Å². The molecular weight excluding hydrogens is 232 g/mol. The Morgan fingerprint density at radius 3 is 2.83 bits per heavy atom. The lowest BCUT2D eigenvalue weighted by molar-refractivity contribution is 0.120. The van der Waals surface area contributed by atoms with Gasteiger partial charge in [-0.1, -0.05) is 11.6 Å². The summed E-state index contributed by atoms with van der Waals surface area (Å²) < 4.78 is 11.0. The Labute approximate surface area is 104 Å². The van der Waals surface area contributed by atoms with Crippen molar-refractivity contribution in [3.05, 3.63) is 34.1 Å². The molecule has 0 unspecified atom stereocenters. The fraction of sp³-hybridized carbons (Fsp3) is 0.385. The van der Waals surface area contributed by atoms with E-state index in [2.05, 4.69) is 4.98 Å². The van der Waals surface area contributed by atoms with Gasteiger partial charge in [0, 0.05) is 13.1 Å². The number of hydrogen-bond acceptors (Lipinski definition) is 5. The lowest BCUT2D eigenvalue weighted by Gasteiger charge is -2.25. The van der Waals surface area contributed by atoms with E-state index in [0.717, 1.165) is 5.56 Å². The Bertz CT molecular complexity index is 630. The number of ether oxygens (including phenoxy) is 1. The standard InChI is InChI=1S/C13H14N2O3/c1-9-2-3-11-10(8-9)12(16)14-13(18-11)15-4-6-17-7-5-15/h2-3,8H,4-7H2,1H3. The quantitative estimate of drug-likeness (QED) is 0.760. The van der Waals surface area contributed by atoms with Gasteiger partial charge in [0.1, 0.15) is 5.58 Å². The van der Waals surface area contributed by atoms with Crippen molar-refractivity contribution in [1.82, 2.24) is 4.98 Å². The predicted octanol–water partition coefficient (Wildman–Crippen LogP) is 1.33. The summed E-state index contributed by atoms with van der Waals surface area (Å²) in [5.41, 5.74) is 1.37. The van der Waals surface area contributed by atoms with Gasteiger partial charge in [0.15, 0.2) is 0 Å². The molecule has 0 saturated carbocycles. The highest BCUT2D eigenvalue weighted by molar-refractivity contribution is 5.76. The summed E-state index contributed by atoms with van der Waals surface area (Å²) in [5.74, 6) is 0. The molecule has 1 fully saturated rings. The van der Waals surface area contributed by atoms with Crippen molar-refractivity contribution in [2.45, 2.75) is 6.92 Å². The maximum atomic E-state index is 12.0. The fourth-order valence-corrected chi connectivity index (χ4v) is 2.06. The molecule has 1 aliphatic rings. The molecule has 5 nitrogen and oxygen atoms in total. The first-order valence-corrected chi connectivity index (χ1v) is 5.98. The van der Waals surface area contributed by atoms with Crippen molar-refractivity contribution in [2.24, 2.45) is 0 Å². The number of anilines is 1. The fourth-order valence-electron chi connectivity index (χ4n) is 2.06. The number of nitrogens with zero attached hydrogens (tertiary/aromatic N) is 2. The average molecular weight is 246 g/mol. The Morgan fingerprint density at radius 1 is 1.28 bits per heavy atom. The van der Waals surface area contributed by atoms with Gasteiger partial charge < -0.3 is 14.1 Å². The summed E-state index contributed by atoms with van der Waals surface area (Å²) in [6.07, 6.45) is 0. The van der Waals surface area contributed by atoms with Gasteiger partial charge in [-0.3, -0.25) is 4.79 Å². The average Bonchev–Trinajstić information content (AvgIpc) is 2.40. The van der Waals surface area contributed by atoms with E-state index >= 15 is 0 Å². The second kappa shape index (κ2) is 4.42. The third-order valence-corrected chi connectivity index (χ3v) is 3.05. The van der Waals surface area contributed by atoms with Crippen molar-refractivity contribution >= 4 is 17.0 Å². The molecule has 1 aromatic heterocycles. The predicted molar refractivity (Wildman–Crippen MR) is 68.0 cm³/mol. The molecular formula is C13H14N2O3. The molecule has 0 spiro atoms. The maximum Gasteiger partial charge on any atom is 0.301 e. The largest absolute Gasteiger partial charge is 0.425 e. The first kappa shape index (κ1) is 11.2. The summed E-state index contributed by atoms with van der Waals surface area (Å²) in [7, 11) is 0. The number of morpholine rings is 1. The van der Waals surface area contributed by atoms with Crippen LogP contribution in [0.25, 0.3) is 11.0 Å². The van der Waals surface area contributed by atoms with Crippen molar-refractivity contribution in [3.8, 4) is 0 Å². The van der Waals surface area contributed by atoms with Gasteiger partial charge >= 0.3 is 6.01 Å². The van der Waals surface area contributed by atoms with Crippen LogP contribution in [0.5, 0.6) is 0 Å². The monoisotopic (exact) mass is 246 g/mol. The van der Waals surface area contributed by atoms with Gasteiger partial charge in [-0.25, -0.2) is 0 Å².